The Morgan fingerprint density at radius 1 is 1.22 bits per heavy atom. The average molecular weight is 365 g/mol. The molecule has 1 aliphatic rings. The molecule has 1 amide bonds. The summed E-state index contributed by atoms with van der Waals surface area (Å²) in [6, 6.07) is 13.3. The summed E-state index contributed by atoms with van der Waals surface area (Å²) >= 11 is 0. The summed E-state index contributed by atoms with van der Waals surface area (Å²) in [5, 5.41) is 11.6. The Morgan fingerprint density at radius 2 is 2.07 bits per heavy atom. The van der Waals surface area contributed by atoms with E-state index < -0.39 is 0 Å². The Morgan fingerprint density at radius 3 is 2.89 bits per heavy atom. The summed E-state index contributed by atoms with van der Waals surface area (Å²) in [5.74, 6) is 1.56. The number of carbonyl (C=O) groups excluding carboxylic acids is 1. The molecule has 1 saturated heterocycles. The van der Waals surface area contributed by atoms with Crippen molar-refractivity contribution in [3.8, 4) is 5.75 Å². The summed E-state index contributed by atoms with van der Waals surface area (Å²) in [4.78, 5) is 14.9. The molecule has 7 nitrogen and oxygen atoms in total. The lowest BCUT2D eigenvalue weighted by molar-refractivity contribution is -0.120. The second-order valence-electron chi connectivity index (χ2n) is 6.66. The highest BCUT2D eigenvalue weighted by molar-refractivity contribution is 5.93. The molecule has 4 rings (SSSR count). The van der Waals surface area contributed by atoms with Crippen LogP contribution in [0.4, 0.5) is 11.6 Å². The lowest BCUT2D eigenvalue weighted by Gasteiger charge is -2.32. The molecule has 7 heteroatoms. The van der Waals surface area contributed by atoms with E-state index in [0.29, 0.717) is 13.2 Å². The van der Waals surface area contributed by atoms with Gasteiger partial charge < -0.3 is 15.0 Å². The number of carbonyl (C=O) groups is 1. The number of amides is 1. The molecule has 1 fully saturated rings. The molecule has 1 atom stereocenters. The van der Waals surface area contributed by atoms with Gasteiger partial charge in [-0.3, -0.25) is 9.20 Å². The smallest absolute Gasteiger partial charge is 0.231 e. The van der Waals surface area contributed by atoms with E-state index in [4.69, 9.17) is 4.74 Å². The summed E-state index contributed by atoms with van der Waals surface area (Å²) < 4.78 is 7.40. The maximum atomic E-state index is 12.7. The van der Waals surface area contributed by atoms with E-state index in [9.17, 15) is 4.79 Å². The third-order valence-corrected chi connectivity index (χ3v) is 4.80. The van der Waals surface area contributed by atoms with Gasteiger partial charge in [-0.2, -0.15) is 0 Å². The molecule has 0 saturated carbocycles. The summed E-state index contributed by atoms with van der Waals surface area (Å²) in [6.45, 7) is 4.09. The average Bonchev–Trinajstić information content (AvgIpc) is 3.14. The van der Waals surface area contributed by atoms with Gasteiger partial charge in [0, 0.05) is 25.0 Å². The van der Waals surface area contributed by atoms with Gasteiger partial charge >= 0.3 is 0 Å². The largest absolute Gasteiger partial charge is 0.494 e. The molecule has 27 heavy (non-hydrogen) atoms. The third-order valence-electron chi connectivity index (χ3n) is 4.80. The molecule has 2 aromatic heterocycles. The van der Waals surface area contributed by atoms with Crippen molar-refractivity contribution in [2.45, 2.75) is 19.8 Å². The van der Waals surface area contributed by atoms with Gasteiger partial charge in [0.1, 0.15) is 5.75 Å². The standard InChI is InChI=1S/C20H23N5O2/c1-2-27-17-10-8-16(9-11-17)21-19(26)15-6-5-12-24(14-15)20-23-22-18-7-3-4-13-25(18)20/h3-4,7-11,13,15H,2,5-6,12,14H2,1H3,(H,21,26). The van der Waals surface area contributed by atoms with Crippen molar-refractivity contribution in [2.24, 2.45) is 5.92 Å². The van der Waals surface area contributed by atoms with Gasteiger partial charge in [0.05, 0.1) is 12.5 Å². The molecule has 1 aromatic carbocycles. The van der Waals surface area contributed by atoms with Crippen LogP contribution < -0.4 is 15.0 Å². The Hall–Kier alpha value is -3.09. The molecular weight excluding hydrogens is 342 g/mol. The maximum Gasteiger partial charge on any atom is 0.231 e. The van der Waals surface area contributed by atoms with Gasteiger partial charge in [-0.15, -0.1) is 10.2 Å². The molecule has 3 heterocycles. The number of ether oxygens (including phenoxy) is 1. The van der Waals surface area contributed by atoms with E-state index in [1.807, 2.05) is 60.0 Å². The van der Waals surface area contributed by atoms with Gasteiger partial charge in [-0.1, -0.05) is 6.07 Å². The van der Waals surface area contributed by atoms with Crippen molar-refractivity contribution < 1.29 is 9.53 Å². The molecule has 1 N–H and O–H groups in total. The first-order chi connectivity index (χ1) is 13.2. The Labute approximate surface area is 158 Å². The Bertz CT molecular complexity index is 922. The number of anilines is 2. The normalized spacial score (nSPS) is 17.1. The maximum absolute atomic E-state index is 12.7. The van der Waals surface area contributed by atoms with Gasteiger partial charge in [0.25, 0.3) is 0 Å². The number of pyridine rings is 1. The van der Waals surface area contributed by atoms with Gasteiger partial charge in [0.15, 0.2) is 5.65 Å². The molecule has 0 spiro atoms. The zero-order valence-corrected chi connectivity index (χ0v) is 15.3. The molecular formula is C20H23N5O2. The van der Waals surface area contributed by atoms with Crippen LogP contribution in [0, 0.1) is 5.92 Å². The minimum absolute atomic E-state index is 0.0395. The fourth-order valence-electron chi connectivity index (χ4n) is 3.46. The highest BCUT2D eigenvalue weighted by Crippen LogP contribution is 2.24. The number of rotatable bonds is 5. The molecule has 0 radical (unpaired) electrons. The van der Waals surface area contributed by atoms with Crippen LogP contribution in [0.3, 0.4) is 0 Å². The first-order valence-electron chi connectivity index (χ1n) is 9.33. The van der Waals surface area contributed by atoms with Crippen LogP contribution >= 0.6 is 0 Å². The van der Waals surface area contributed by atoms with Crippen molar-refractivity contribution >= 4 is 23.2 Å². The van der Waals surface area contributed by atoms with E-state index in [1.54, 1.807) is 0 Å². The van der Waals surface area contributed by atoms with E-state index in [1.165, 1.54) is 0 Å². The lowest BCUT2D eigenvalue weighted by Crippen LogP contribution is -2.41. The van der Waals surface area contributed by atoms with Crippen LogP contribution in [-0.2, 0) is 4.79 Å². The molecule has 0 aliphatic carbocycles. The van der Waals surface area contributed by atoms with Crippen molar-refractivity contribution in [1.29, 1.82) is 0 Å². The van der Waals surface area contributed by atoms with Gasteiger partial charge in [-0.25, -0.2) is 0 Å². The summed E-state index contributed by atoms with van der Waals surface area (Å²) in [7, 11) is 0. The molecule has 1 aliphatic heterocycles. The van der Waals surface area contributed by atoms with Crippen molar-refractivity contribution in [3.05, 3.63) is 48.7 Å². The number of hydrogen-bond donors (Lipinski definition) is 1. The number of nitrogens with one attached hydrogen (secondary N) is 1. The second kappa shape index (κ2) is 7.65. The Balaban J connectivity index is 1.43. The van der Waals surface area contributed by atoms with Crippen molar-refractivity contribution in [2.75, 3.05) is 29.9 Å². The van der Waals surface area contributed by atoms with Crippen molar-refractivity contribution in [3.63, 3.8) is 0 Å². The SMILES string of the molecule is CCOc1ccc(NC(=O)C2CCCN(c3nnc4ccccn34)C2)cc1. The number of nitrogens with zero attached hydrogens (tertiary/aromatic N) is 4. The Kier molecular flexibility index (Phi) is 4.91. The van der Waals surface area contributed by atoms with E-state index in [2.05, 4.69) is 20.4 Å². The van der Waals surface area contributed by atoms with Crippen LogP contribution in [0.15, 0.2) is 48.7 Å². The zero-order chi connectivity index (χ0) is 18.6. The van der Waals surface area contributed by atoms with Gasteiger partial charge in [0.2, 0.25) is 11.9 Å². The molecule has 140 valence electrons. The van der Waals surface area contributed by atoms with Crippen LogP contribution in [-0.4, -0.2) is 40.2 Å². The third kappa shape index (κ3) is 3.72. The highest BCUT2D eigenvalue weighted by atomic mass is 16.5. The zero-order valence-electron chi connectivity index (χ0n) is 15.3. The first-order valence-corrected chi connectivity index (χ1v) is 9.33. The first kappa shape index (κ1) is 17.3. The monoisotopic (exact) mass is 365 g/mol. The quantitative estimate of drug-likeness (QED) is 0.753. The molecule has 3 aromatic rings. The van der Waals surface area contributed by atoms with Crippen LogP contribution in [0.2, 0.25) is 0 Å². The van der Waals surface area contributed by atoms with Crippen molar-refractivity contribution in [1.82, 2.24) is 14.6 Å². The topological polar surface area (TPSA) is 71.8 Å². The summed E-state index contributed by atoms with van der Waals surface area (Å²) in [6.07, 6.45) is 3.77. The summed E-state index contributed by atoms with van der Waals surface area (Å²) in [5.41, 5.74) is 1.60. The van der Waals surface area contributed by atoms with E-state index in [-0.39, 0.29) is 11.8 Å². The predicted molar refractivity (Wildman–Crippen MR) is 104 cm³/mol. The number of hydrogen-bond acceptors (Lipinski definition) is 5. The lowest BCUT2D eigenvalue weighted by atomic mass is 9.97. The minimum atomic E-state index is -0.0821. The fraction of sp³-hybridized carbons (Fsp3) is 0.350. The number of fused-ring (bicyclic) bond motifs is 1. The second-order valence-corrected chi connectivity index (χ2v) is 6.66. The number of benzene rings is 1. The molecule has 1 unspecified atom stereocenters. The minimum Gasteiger partial charge on any atom is -0.494 e. The van der Waals surface area contributed by atoms with E-state index in [0.717, 1.165) is 42.4 Å². The highest BCUT2D eigenvalue weighted by Gasteiger charge is 2.28. The molecule has 0 bridgehead atoms. The fourth-order valence-corrected chi connectivity index (χ4v) is 3.46. The van der Waals surface area contributed by atoms with Crippen LogP contribution in [0.1, 0.15) is 19.8 Å². The number of aromatic nitrogens is 3. The van der Waals surface area contributed by atoms with Crippen LogP contribution in [0.25, 0.3) is 5.65 Å². The van der Waals surface area contributed by atoms with E-state index >= 15 is 0 Å². The van der Waals surface area contributed by atoms with Gasteiger partial charge in [-0.05, 0) is 56.2 Å². The predicted octanol–water partition coefficient (Wildman–Crippen LogP) is 2.98. The van der Waals surface area contributed by atoms with Crippen LogP contribution in [0.5, 0.6) is 5.75 Å². The number of piperidine rings is 1.